The van der Waals surface area contributed by atoms with E-state index in [0.717, 1.165) is 25.0 Å². The molecule has 4 atom stereocenters. The molecule has 0 fully saturated rings. The van der Waals surface area contributed by atoms with Crippen molar-refractivity contribution in [3.63, 3.8) is 0 Å². The first-order valence-electron chi connectivity index (χ1n) is 21.2. The number of hydrogen-bond acceptors (Lipinski definition) is 23. The maximum atomic E-state index is 13.3. The Morgan fingerprint density at radius 3 is 1.86 bits per heavy atom. The highest BCUT2D eigenvalue weighted by Crippen LogP contribution is 2.15. The molecule has 2 heterocycles. The number of carbonyl (C=O) groups is 5. The number of unbranched alkanes of at least 4 members (excludes halogenated alkanes) is 1. The van der Waals surface area contributed by atoms with E-state index in [9.17, 15) is 28.8 Å². The van der Waals surface area contributed by atoms with Crippen molar-refractivity contribution in [2.75, 3.05) is 29.9 Å². The van der Waals surface area contributed by atoms with Gasteiger partial charge in [0.15, 0.2) is 22.9 Å². The lowest BCUT2D eigenvalue weighted by molar-refractivity contribution is -0.193. The van der Waals surface area contributed by atoms with Crippen LogP contribution in [0.3, 0.4) is 0 Å². The summed E-state index contributed by atoms with van der Waals surface area (Å²) >= 11 is 4.22. The van der Waals surface area contributed by atoms with Gasteiger partial charge in [-0.15, -0.1) is 0 Å². The van der Waals surface area contributed by atoms with Gasteiger partial charge in [0.1, 0.15) is 5.78 Å². The van der Waals surface area contributed by atoms with E-state index in [0.29, 0.717) is 29.8 Å². The van der Waals surface area contributed by atoms with Crippen LogP contribution >= 0.6 is 12.6 Å². The van der Waals surface area contributed by atoms with E-state index < -0.39 is 29.3 Å². The smallest absolute Gasteiger partial charge is 0.373 e. The fraction of sp³-hybridized carbons (Fsp3) is 0.465. The van der Waals surface area contributed by atoms with Crippen molar-refractivity contribution in [2.24, 2.45) is 28.3 Å². The Balaban J connectivity index is -0.00000281. The minimum absolute atomic E-state index is 0.0396. The maximum Gasteiger partial charge on any atom is 0.373 e. The number of hydrogen-bond donors (Lipinski definition) is 9. The minimum Gasteiger partial charge on any atom is -0.379 e. The number of nitrogens with zero attached hydrogens (tertiary/aromatic N) is 4. The van der Waals surface area contributed by atoms with Gasteiger partial charge in [-0.2, -0.15) is 65.6 Å². The molecule has 0 saturated heterocycles. The van der Waals surface area contributed by atoms with Crippen LogP contribution < -0.4 is 44.0 Å². The molecule has 0 unspecified atom stereocenters. The highest BCUT2D eigenvalue weighted by atomic mass is 32.1. The van der Waals surface area contributed by atoms with Gasteiger partial charge in [0, 0.05) is 61.5 Å². The van der Waals surface area contributed by atoms with Gasteiger partial charge in [0.25, 0.3) is 11.5 Å². The SMILES string of the molecule is C[C@H](CC(=O)CCCNC(=O)c1ccc(NCc2cnc3nc(N)[nH]c(=O)c3n2)cc1)C(=O)N[C@@H](CCCN=C(N)N)C(=O)C[C@@H](C)C(=O)N[C@@H](C)CCCCS.O=C=O.O=C=O.O=C=O.O=C=O.O=C=O. The third kappa shape index (κ3) is 32.9. The second-order valence-corrected chi connectivity index (χ2v) is 15.0. The van der Waals surface area contributed by atoms with E-state index in [2.05, 4.69) is 58.8 Å². The van der Waals surface area contributed by atoms with Gasteiger partial charge in [0.2, 0.25) is 17.8 Å². The second kappa shape index (κ2) is 42.4. The highest BCUT2D eigenvalue weighted by Gasteiger charge is 2.27. The van der Waals surface area contributed by atoms with Crippen molar-refractivity contribution in [1.82, 2.24) is 35.9 Å². The standard InChI is InChI=1S/C38H56N12O6S.5CO2/c1-22(34(54)48-29(10-7-16-43-37(39)40)30(52)19-23(2)33(53)46-24(3)8-4-5-17-57)18-28(51)9-6-15-42-35(55)25-11-13-26(14-12-25)44-20-27-21-45-32-31(47-27)36(56)50-38(41)49-32;5*2-1-3/h11-14,21-24,29,44,57H,4-10,15-20H2,1-3H3,(H,42,55)(H,46,53)(H,48,54)(H4,39,40,43)(H3,41,45,49,50,56);;;;;/t22-,23-,24+,29+;;;;;/m1...../s1. The maximum absolute atomic E-state index is 13.3. The molecule has 3 aromatic rings. The zero-order valence-corrected chi connectivity index (χ0v) is 40.3. The first kappa shape index (κ1) is 67.6. The number of nitrogens with one attached hydrogen (secondary N) is 5. The number of nitrogens with two attached hydrogens (primary N) is 3. The van der Waals surface area contributed by atoms with Gasteiger partial charge >= 0.3 is 30.8 Å². The summed E-state index contributed by atoms with van der Waals surface area (Å²) in [7, 11) is 0. The van der Waals surface area contributed by atoms with Crippen molar-refractivity contribution < 1.29 is 71.9 Å². The predicted molar refractivity (Wildman–Crippen MR) is 247 cm³/mol. The summed E-state index contributed by atoms with van der Waals surface area (Å²) in [6.45, 7) is 5.99. The van der Waals surface area contributed by atoms with Crippen LogP contribution in [0.1, 0.15) is 94.6 Å². The number of rotatable bonds is 25. The van der Waals surface area contributed by atoms with Gasteiger partial charge in [-0.3, -0.25) is 38.7 Å². The van der Waals surface area contributed by atoms with Crippen LogP contribution in [0.4, 0.5) is 11.6 Å². The molecule has 0 aliphatic rings. The fourth-order valence-electron chi connectivity index (χ4n) is 5.80. The summed E-state index contributed by atoms with van der Waals surface area (Å²) in [5, 5.41) is 11.7. The Morgan fingerprint density at radius 2 is 1.31 bits per heavy atom. The van der Waals surface area contributed by atoms with E-state index >= 15 is 0 Å². The summed E-state index contributed by atoms with van der Waals surface area (Å²) < 4.78 is 0. The molecule has 0 saturated carbocycles. The van der Waals surface area contributed by atoms with Crippen molar-refractivity contribution in [2.45, 2.75) is 97.2 Å². The Labute approximate surface area is 415 Å². The average molecular weight is 1030 g/mol. The Bertz CT molecular complexity index is 2350. The molecule has 390 valence electrons. The number of nitrogen functional groups attached to an aromatic ring is 1. The number of fused-ring (bicyclic) bond motifs is 1. The van der Waals surface area contributed by atoms with E-state index in [1.807, 2.05) is 6.92 Å². The third-order valence-corrected chi connectivity index (χ3v) is 9.36. The average Bonchev–Trinajstić information content (AvgIpc) is 3.32. The molecule has 1 aromatic carbocycles. The van der Waals surface area contributed by atoms with Crippen molar-refractivity contribution in [1.29, 1.82) is 0 Å². The number of ketones is 2. The predicted octanol–water partition coefficient (Wildman–Crippen LogP) is -1.17. The number of guanidine groups is 1. The number of aromatic amines is 1. The molecule has 0 radical (unpaired) electrons. The number of thiol groups is 1. The number of carbonyl (C=O) groups excluding carboxylic acids is 15. The van der Waals surface area contributed by atoms with E-state index in [1.165, 1.54) is 6.20 Å². The van der Waals surface area contributed by atoms with E-state index in [1.54, 1.807) is 38.1 Å². The number of amides is 3. The molecular formula is C43H56N12O16S. The number of aliphatic imine (C=N–C) groups is 1. The van der Waals surface area contributed by atoms with Gasteiger partial charge < -0.3 is 38.5 Å². The van der Waals surface area contributed by atoms with Crippen LogP contribution in [0.2, 0.25) is 0 Å². The summed E-state index contributed by atoms with van der Waals surface area (Å²) in [5.41, 5.74) is 17.8. The van der Waals surface area contributed by atoms with Gasteiger partial charge in [0.05, 0.1) is 24.5 Å². The Kier molecular flexibility index (Phi) is 39.8. The van der Waals surface area contributed by atoms with Crippen LogP contribution in [0.25, 0.3) is 11.2 Å². The summed E-state index contributed by atoms with van der Waals surface area (Å²) in [6.07, 6.45) is 6.52. The molecule has 0 aliphatic carbocycles. The monoisotopic (exact) mass is 1030 g/mol. The molecule has 3 rings (SSSR count). The van der Waals surface area contributed by atoms with Crippen molar-refractivity contribution >= 4 is 101 Å². The highest BCUT2D eigenvalue weighted by molar-refractivity contribution is 7.80. The molecule has 0 spiro atoms. The molecule has 11 N–H and O–H groups in total. The van der Waals surface area contributed by atoms with Gasteiger partial charge in [-0.25, -0.2) is 9.97 Å². The first-order chi connectivity index (χ1) is 34.2. The molecule has 29 heteroatoms. The lowest BCUT2D eigenvalue weighted by Gasteiger charge is -2.22. The lowest BCUT2D eigenvalue weighted by Crippen LogP contribution is -2.45. The number of Topliss-reactive ketones (excluding diaryl/α,β-unsaturated/α-hetero) is 2. The van der Waals surface area contributed by atoms with Crippen LogP contribution in [-0.2, 0) is 73.7 Å². The largest absolute Gasteiger partial charge is 0.379 e. The molecule has 0 aliphatic heterocycles. The summed E-state index contributed by atoms with van der Waals surface area (Å²) in [4.78, 5) is 177. The van der Waals surface area contributed by atoms with E-state index in [-0.39, 0.29) is 129 Å². The molecule has 72 heavy (non-hydrogen) atoms. The number of aromatic nitrogens is 4. The summed E-state index contributed by atoms with van der Waals surface area (Å²) in [5.74, 6) is -2.10. The summed E-state index contributed by atoms with van der Waals surface area (Å²) in [6, 6.07) is 5.83. The molecule has 0 bridgehead atoms. The molecule has 28 nitrogen and oxygen atoms in total. The van der Waals surface area contributed by atoms with Gasteiger partial charge in [-0.1, -0.05) is 20.3 Å². The Hall–Kier alpha value is -8.69. The second-order valence-electron chi connectivity index (χ2n) is 14.5. The Morgan fingerprint density at radius 1 is 0.750 bits per heavy atom. The first-order valence-corrected chi connectivity index (χ1v) is 21.8. The van der Waals surface area contributed by atoms with Gasteiger partial charge in [-0.05, 0) is 69.0 Å². The quantitative estimate of drug-likeness (QED) is 0.0209. The lowest BCUT2D eigenvalue weighted by atomic mass is 9.95. The topological polar surface area (TPSA) is 466 Å². The van der Waals surface area contributed by atoms with Crippen LogP contribution in [0.5, 0.6) is 0 Å². The zero-order valence-electron chi connectivity index (χ0n) is 39.4. The molecule has 3 amide bonds. The van der Waals surface area contributed by atoms with Crippen LogP contribution in [0.15, 0.2) is 40.2 Å². The number of H-pyrrole nitrogens is 1. The van der Waals surface area contributed by atoms with Crippen LogP contribution in [-0.4, -0.2) is 117 Å². The fourth-order valence-corrected chi connectivity index (χ4v) is 6.03. The van der Waals surface area contributed by atoms with Crippen LogP contribution in [0, 0.1) is 11.8 Å². The van der Waals surface area contributed by atoms with Crippen molar-refractivity contribution in [3.8, 4) is 0 Å². The number of benzene rings is 1. The third-order valence-electron chi connectivity index (χ3n) is 9.05. The van der Waals surface area contributed by atoms with Crippen molar-refractivity contribution in [3.05, 3.63) is 52.1 Å². The minimum atomic E-state index is -0.878. The molecule has 2 aromatic heterocycles. The van der Waals surface area contributed by atoms with E-state index in [4.69, 9.17) is 65.1 Å². The molecular weight excluding hydrogens is 973 g/mol. The normalized spacial score (nSPS) is 10.9. The number of anilines is 2. The zero-order chi connectivity index (χ0) is 55.4.